The van der Waals surface area contributed by atoms with Crippen molar-refractivity contribution in [3.63, 3.8) is 0 Å². The molecule has 72 valence electrons. The lowest BCUT2D eigenvalue weighted by atomic mass is 9.94. The van der Waals surface area contributed by atoms with Crippen LogP contribution in [0.4, 0.5) is 8.78 Å². The van der Waals surface area contributed by atoms with Crippen LogP contribution in [0.15, 0.2) is 0 Å². The quantitative estimate of drug-likeness (QED) is 0.664. The summed E-state index contributed by atoms with van der Waals surface area (Å²) >= 11 is 0. The van der Waals surface area contributed by atoms with Crippen molar-refractivity contribution in [2.75, 3.05) is 0 Å². The lowest BCUT2D eigenvalue weighted by Crippen LogP contribution is -2.20. The van der Waals surface area contributed by atoms with E-state index in [9.17, 15) is 13.6 Å². The Morgan fingerprint density at radius 2 is 2.31 bits per heavy atom. The van der Waals surface area contributed by atoms with Crippen LogP contribution < -0.4 is 0 Å². The molecule has 0 heterocycles. The number of nitrogens with zero attached hydrogens (tertiary/aromatic N) is 1. The molecule has 1 aliphatic rings. The minimum atomic E-state index is -2.70. The second kappa shape index (κ2) is 3.41. The molecule has 2 unspecified atom stereocenters. The lowest BCUT2D eigenvalue weighted by molar-refractivity contribution is -0.125. The highest BCUT2D eigenvalue weighted by atomic mass is 19.3. The van der Waals surface area contributed by atoms with Crippen molar-refractivity contribution in [1.82, 2.24) is 0 Å². The van der Waals surface area contributed by atoms with Gasteiger partial charge in [0.25, 0.3) is 0 Å². The van der Waals surface area contributed by atoms with Crippen LogP contribution in [0.25, 0.3) is 0 Å². The first kappa shape index (κ1) is 10.1. The molecule has 2 atom stereocenters. The summed E-state index contributed by atoms with van der Waals surface area (Å²) in [4.78, 5) is 11.3. The first-order valence-corrected chi connectivity index (χ1v) is 4.27. The Balaban J connectivity index is 2.58. The SMILES string of the molecule is CC(C#N)C(=O)C1CCC(F)(F)C1. The van der Waals surface area contributed by atoms with E-state index >= 15 is 0 Å². The van der Waals surface area contributed by atoms with Gasteiger partial charge in [0, 0.05) is 18.8 Å². The van der Waals surface area contributed by atoms with E-state index in [-0.39, 0.29) is 25.0 Å². The van der Waals surface area contributed by atoms with Crippen molar-refractivity contribution in [3.8, 4) is 6.07 Å². The summed E-state index contributed by atoms with van der Waals surface area (Å²) in [6, 6.07) is 1.77. The van der Waals surface area contributed by atoms with Gasteiger partial charge in [0.05, 0.1) is 6.07 Å². The minimum absolute atomic E-state index is 0.220. The van der Waals surface area contributed by atoms with E-state index in [0.717, 1.165) is 0 Å². The third kappa shape index (κ3) is 2.24. The highest BCUT2D eigenvalue weighted by Gasteiger charge is 2.43. The first-order valence-electron chi connectivity index (χ1n) is 4.27. The van der Waals surface area contributed by atoms with Gasteiger partial charge in [-0.2, -0.15) is 5.26 Å². The summed E-state index contributed by atoms with van der Waals surface area (Å²) in [5, 5.41) is 8.44. The molecule has 0 aromatic carbocycles. The maximum Gasteiger partial charge on any atom is 0.248 e. The fourth-order valence-corrected chi connectivity index (χ4v) is 1.61. The molecule has 0 spiro atoms. The van der Waals surface area contributed by atoms with Gasteiger partial charge in [0.15, 0.2) is 5.78 Å². The third-order valence-electron chi connectivity index (χ3n) is 2.43. The van der Waals surface area contributed by atoms with Crippen LogP contribution in [0.3, 0.4) is 0 Å². The number of alkyl halides is 2. The van der Waals surface area contributed by atoms with Gasteiger partial charge >= 0.3 is 0 Å². The minimum Gasteiger partial charge on any atom is -0.298 e. The van der Waals surface area contributed by atoms with Gasteiger partial charge in [-0.1, -0.05) is 0 Å². The molecule has 1 fully saturated rings. The number of hydrogen-bond acceptors (Lipinski definition) is 2. The van der Waals surface area contributed by atoms with E-state index in [0.29, 0.717) is 0 Å². The first-order chi connectivity index (χ1) is 5.96. The number of rotatable bonds is 2. The van der Waals surface area contributed by atoms with Crippen molar-refractivity contribution in [3.05, 3.63) is 0 Å². The smallest absolute Gasteiger partial charge is 0.248 e. The zero-order valence-corrected chi connectivity index (χ0v) is 7.39. The maximum absolute atomic E-state index is 12.7. The summed E-state index contributed by atoms with van der Waals surface area (Å²) in [6.45, 7) is 1.46. The molecule has 1 aliphatic carbocycles. The molecular weight excluding hydrogens is 176 g/mol. The molecule has 0 saturated heterocycles. The molecule has 0 aromatic rings. The second-order valence-corrected chi connectivity index (χ2v) is 3.55. The van der Waals surface area contributed by atoms with Crippen LogP contribution in [-0.2, 0) is 4.79 Å². The van der Waals surface area contributed by atoms with Crippen molar-refractivity contribution < 1.29 is 13.6 Å². The normalized spacial score (nSPS) is 28.0. The number of nitriles is 1. The molecule has 1 saturated carbocycles. The predicted molar refractivity (Wildman–Crippen MR) is 42.1 cm³/mol. The zero-order valence-electron chi connectivity index (χ0n) is 7.39. The molecule has 0 amide bonds. The summed E-state index contributed by atoms with van der Waals surface area (Å²) in [5.74, 6) is -4.39. The van der Waals surface area contributed by atoms with Gasteiger partial charge in [-0.05, 0) is 13.3 Å². The summed E-state index contributed by atoms with van der Waals surface area (Å²) in [5.41, 5.74) is 0. The zero-order chi connectivity index (χ0) is 10.1. The van der Waals surface area contributed by atoms with Crippen LogP contribution >= 0.6 is 0 Å². The van der Waals surface area contributed by atoms with Gasteiger partial charge in [0.1, 0.15) is 5.92 Å². The highest BCUT2D eigenvalue weighted by Crippen LogP contribution is 2.39. The summed E-state index contributed by atoms with van der Waals surface area (Å²) in [7, 11) is 0. The highest BCUT2D eigenvalue weighted by molar-refractivity contribution is 5.85. The molecule has 0 bridgehead atoms. The van der Waals surface area contributed by atoms with E-state index in [4.69, 9.17) is 5.26 Å². The molecule has 4 heteroatoms. The summed E-state index contributed by atoms with van der Waals surface area (Å²) in [6.07, 6.45) is -0.378. The maximum atomic E-state index is 12.7. The van der Waals surface area contributed by atoms with Gasteiger partial charge in [-0.25, -0.2) is 8.78 Å². The Kier molecular flexibility index (Phi) is 2.65. The number of ketones is 1. The number of halogens is 2. The van der Waals surface area contributed by atoms with Crippen molar-refractivity contribution in [1.29, 1.82) is 5.26 Å². The lowest BCUT2D eigenvalue weighted by Gasteiger charge is -2.10. The third-order valence-corrected chi connectivity index (χ3v) is 2.43. The molecule has 0 N–H and O–H groups in total. The number of carbonyl (C=O) groups is 1. The van der Waals surface area contributed by atoms with Crippen LogP contribution in [0.2, 0.25) is 0 Å². The Morgan fingerprint density at radius 1 is 1.69 bits per heavy atom. The Morgan fingerprint density at radius 3 is 2.69 bits per heavy atom. The Hall–Kier alpha value is -0.980. The monoisotopic (exact) mass is 187 g/mol. The molecule has 13 heavy (non-hydrogen) atoms. The van der Waals surface area contributed by atoms with E-state index in [1.165, 1.54) is 6.92 Å². The number of carbonyl (C=O) groups excluding carboxylic acids is 1. The molecular formula is C9H11F2NO. The van der Waals surface area contributed by atoms with E-state index in [1.54, 1.807) is 6.07 Å². The predicted octanol–water partition coefficient (Wildman–Crippen LogP) is 2.15. The van der Waals surface area contributed by atoms with Crippen LogP contribution in [0.5, 0.6) is 0 Å². The largest absolute Gasteiger partial charge is 0.298 e. The van der Waals surface area contributed by atoms with Crippen LogP contribution in [0.1, 0.15) is 26.2 Å². The Bertz CT molecular complexity index is 257. The fourth-order valence-electron chi connectivity index (χ4n) is 1.61. The van der Waals surface area contributed by atoms with Crippen molar-refractivity contribution in [2.45, 2.75) is 32.1 Å². The number of Topliss-reactive ketones (excluding diaryl/α,β-unsaturated/α-hetero) is 1. The van der Waals surface area contributed by atoms with Gasteiger partial charge in [-0.15, -0.1) is 0 Å². The van der Waals surface area contributed by atoms with Crippen molar-refractivity contribution in [2.24, 2.45) is 11.8 Å². The topological polar surface area (TPSA) is 40.9 Å². The van der Waals surface area contributed by atoms with Crippen molar-refractivity contribution >= 4 is 5.78 Å². The van der Waals surface area contributed by atoms with E-state index < -0.39 is 17.8 Å². The van der Waals surface area contributed by atoms with Crippen LogP contribution in [0, 0.1) is 23.2 Å². The molecule has 0 aliphatic heterocycles. The fraction of sp³-hybridized carbons (Fsp3) is 0.778. The molecule has 2 nitrogen and oxygen atoms in total. The standard InChI is InChI=1S/C9H11F2NO/c1-6(5-12)8(13)7-2-3-9(10,11)4-7/h6-7H,2-4H2,1H3. The van der Waals surface area contributed by atoms with Crippen LogP contribution in [-0.4, -0.2) is 11.7 Å². The van der Waals surface area contributed by atoms with Gasteiger partial charge < -0.3 is 0 Å². The molecule has 0 radical (unpaired) electrons. The molecule has 1 rings (SSSR count). The van der Waals surface area contributed by atoms with Gasteiger partial charge in [0.2, 0.25) is 5.92 Å². The molecule has 0 aromatic heterocycles. The average Bonchev–Trinajstić information content (AvgIpc) is 2.43. The second-order valence-electron chi connectivity index (χ2n) is 3.55. The van der Waals surface area contributed by atoms with E-state index in [1.807, 2.05) is 0 Å². The summed E-state index contributed by atoms with van der Waals surface area (Å²) < 4.78 is 25.4. The number of hydrogen-bond donors (Lipinski definition) is 0. The van der Waals surface area contributed by atoms with Gasteiger partial charge in [-0.3, -0.25) is 4.79 Å². The average molecular weight is 187 g/mol. The Labute approximate surface area is 75.5 Å². The van der Waals surface area contributed by atoms with E-state index in [2.05, 4.69) is 0 Å².